The van der Waals surface area contributed by atoms with Crippen LogP contribution in [0, 0.1) is 5.41 Å². The monoisotopic (exact) mass is 363 g/mol. The molecule has 134 valence electrons. The molecule has 1 amide bonds. The maximum atomic E-state index is 12.6. The van der Waals surface area contributed by atoms with Gasteiger partial charge in [0.15, 0.2) is 9.84 Å². The summed E-state index contributed by atoms with van der Waals surface area (Å²) in [5.74, 6) is 0.358. The highest BCUT2D eigenvalue weighted by Crippen LogP contribution is 2.28. The van der Waals surface area contributed by atoms with E-state index < -0.39 is 21.2 Å². The zero-order valence-electron chi connectivity index (χ0n) is 14.1. The van der Waals surface area contributed by atoms with E-state index in [1.165, 1.54) is 17.6 Å². The number of ether oxygens (including phenoxy) is 1. The van der Waals surface area contributed by atoms with Crippen LogP contribution in [0.4, 0.5) is 0 Å². The summed E-state index contributed by atoms with van der Waals surface area (Å²) in [6.45, 7) is 3.32. The molecule has 0 aliphatic heterocycles. The SMILES string of the molecule is CC(C)(CC(=O)NO)CS(=O)(=O)c1ccc(Oc2ccccc2)cc1. The van der Waals surface area contributed by atoms with E-state index in [0.29, 0.717) is 11.5 Å². The molecular formula is C18H21NO5S. The molecule has 0 aromatic heterocycles. The first-order valence-electron chi connectivity index (χ1n) is 7.70. The molecule has 2 aromatic carbocycles. The van der Waals surface area contributed by atoms with Crippen molar-refractivity contribution in [3.8, 4) is 11.5 Å². The molecule has 0 unspecified atom stereocenters. The van der Waals surface area contributed by atoms with E-state index in [4.69, 9.17) is 9.94 Å². The summed E-state index contributed by atoms with van der Waals surface area (Å²) in [4.78, 5) is 11.5. The Hall–Kier alpha value is -2.38. The minimum Gasteiger partial charge on any atom is -0.457 e. The Morgan fingerprint density at radius 3 is 2.16 bits per heavy atom. The molecule has 0 aliphatic carbocycles. The number of rotatable bonds is 7. The topological polar surface area (TPSA) is 92.7 Å². The van der Waals surface area contributed by atoms with Crippen molar-refractivity contribution < 1.29 is 23.2 Å². The molecule has 25 heavy (non-hydrogen) atoms. The van der Waals surface area contributed by atoms with Gasteiger partial charge < -0.3 is 4.74 Å². The number of nitrogens with one attached hydrogen (secondary N) is 1. The molecule has 0 saturated carbocycles. The van der Waals surface area contributed by atoms with Crippen LogP contribution in [0.25, 0.3) is 0 Å². The summed E-state index contributed by atoms with van der Waals surface area (Å²) in [6.07, 6.45) is -0.0993. The third-order valence-corrected chi connectivity index (χ3v) is 5.66. The highest BCUT2D eigenvalue weighted by Gasteiger charge is 2.29. The maximum Gasteiger partial charge on any atom is 0.243 e. The van der Waals surface area contributed by atoms with Gasteiger partial charge in [-0.15, -0.1) is 0 Å². The standard InChI is InChI=1S/C18H21NO5S/c1-18(2,12-17(20)19-21)13-25(22,23)16-10-8-15(9-11-16)24-14-6-4-3-5-7-14/h3-11,21H,12-13H2,1-2H3,(H,19,20). The first-order chi connectivity index (χ1) is 11.7. The van der Waals surface area contributed by atoms with Crippen molar-refractivity contribution >= 4 is 15.7 Å². The Labute approximate surface area is 147 Å². The van der Waals surface area contributed by atoms with Gasteiger partial charge in [0.2, 0.25) is 5.91 Å². The fourth-order valence-corrected chi connectivity index (χ4v) is 4.31. The third-order valence-electron chi connectivity index (χ3n) is 3.51. The predicted molar refractivity (Wildman–Crippen MR) is 93.3 cm³/mol. The number of carbonyl (C=O) groups is 1. The molecule has 0 aliphatic rings. The average Bonchev–Trinajstić information content (AvgIpc) is 2.54. The molecule has 0 saturated heterocycles. The van der Waals surface area contributed by atoms with Crippen LogP contribution in [-0.4, -0.2) is 25.3 Å². The van der Waals surface area contributed by atoms with E-state index in [2.05, 4.69) is 0 Å². The number of hydrogen-bond donors (Lipinski definition) is 2. The molecular weight excluding hydrogens is 342 g/mol. The second-order valence-corrected chi connectivity index (χ2v) is 8.51. The molecule has 0 bridgehead atoms. The molecule has 2 aromatic rings. The fraction of sp³-hybridized carbons (Fsp3) is 0.278. The van der Waals surface area contributed by atoms with Crippen molar-refractivity contribution in [2.45, 2.75) is 25.2 Å². The van der Waals surface area contributed by atoms with E-state index in [9.17, 15) is 13.2 Å². The molecule has 0 spiro atoms. The van der Waals surface area contributed by atoms with Crippen LogP contribution in [-0.2, 0) is 14.6 Å². The van der Waals surface area contributed by atoms with E-state index in [0.717, 1.165) is 0 Å². The molecule has 6 nitrogen and oxygen atoms in total. The lowest BCUT2D eigenvalue weighted by Crippen LogP contribution is -2.31. The number of para-hydroxylation sites is 1. The number of hydrogen-bond acceptors (Lipinski definition) is 5. The normalized spacial score (nSPS) is 11.8. The highest BCUT2D eigenvalue weighted by molar-refractivity contribution is 7.91. The smallest absolute Gasteiger partial charge is 0.243 e. The largest absolute Gasteiger partial charge is 0.457 e. The van der Waals surface area contributed by atoms with Crippen molar-refractivity contribution in [2.75, 3.05) is 5.75 Å². The van der Waals surface area contributed by atoms with E-state index in [1.54, 1.807) is 38.1 Å². The lowest BCUT2D eigenvalue weighted by atomic mass is 9.92. The number of amides is 1. The summed E-state index contributed by atoms with van der Waals surface area (Å²) in [5, 5.41) is 8.60. The van der Waals surface area contributed by atoms with E-state index in [-0.39, 0.29) is 17.1 Å². The lowest BCUT2D eigenvalue weighted by Gasteiger charge is -2.23. The summed E-state index contributed by atoms with van der Waals surface area (Å²) in [5.41, 5.74) is 0.712. The Morgan fingerprint density at radius 1 is 1.04 bits per heavy atom. The van der Waals surface area contributed by atoms with Gasteiger partial charge in [0.1, 0.15) is 11.5 Å². The molecule has 0 fully saturated rings. The molecule has 7 heteroatoms. The van der Waals surface area contributed by atoms with Crippen molar-refractivity contribution in [3.63, 3.8) is 0 Å². The van der Waals surface area contributed by atoms with E-state index in [1.807, 2.05) is 18.2 Å². The quantitative estimate of drug-likeness (QED) is 0.582. The van der Waals surface area contributed by atoms with Crippen molar-refractivity contribution in [1.82, 2.24) is 5.48 Å². The maximum absolute atomic E-state index is 12.6. The third kappa shape index (κ3) is 5.58. The highest BCUT2D eigenvalue weighted by atomic mass is 32.2. The Morgan fingerprint density at radius 2 is 1.60 bits per heavy atom. The van der Waals surface area contributed by atoms with Gasteiger partial charge in [-0.05, 0) is 41.8 Å². The fourth-order valence-electron chi connectivity index (χ4n) is 2.46. The summed E-state index contributed by atoms with van der Waals surface area (Å²) < 4.78 is 30.7. The summed E-state index contributed by atoms with van der Waals surface area (Å²) in [7, 11) is -3.58. The summed E-state index contributed by atoms with van der Waals surface area (Å²) in [6, 6.07) is 15.3. The molecule has 2 rings (SSSR count). The molecule has 0 atom stereocenters. The van der Waals surface area contributed by atoms with Gasteiger partial charge >= 0.3 is 0 Å². The predicted octanol–water partition coefficient (Wildman–Crippen LogP) is 3.17. The lowest BCUT2D eigenvalue weighted by molar-refractivity contribution is -0.130. The number of benzene rings is 2. The number of hydroxylamine groups is 1. The minimum atomic E-state index is -3.58. The molecule has 0 heterocycles. The van der Waals surface area contributed by atoms with Crippen LogP contribution in [0.2, 0.25) is 0 Å². The second-order valence-electron chi connectivity index (χ2n) is 6.52. The zero-order valence-corrected chi connectivity index (χ0v) is 14.9. The van der Waals surface area contributed by atoms with Gasteiger partial charge in [0.25, 0.3) is 0 Å². The van der Waals surface area contributed by atoms with Crippen LogP contribution in [0.15, 0.2) is 59.5 Å². The van der Waals surface area contributed by atoms with Gasteiger partial charge in [-0.3, -0.25) is 10.0 Å². The van der Waals surface area contributed by atoms with Gasteiger partial charge in [0, 0.05) is 6.42 Å². The zero-order chi connectivity index (χ0) is 18.5. The van der Waals surface area contributed by atoms with Crippen molar-refractivity contribution in [1.29, 1.82) is 0 Å². The van der Waals surface area contributed by atoms with Crippen LogP contribution in [0.3, 0.4) is 0 Å². The van der Waals surface area contributed by atoms with Gasteiger partial charge in [-0.2, -0.15) is 0 Å². The van der Waals surface area contributed by atoms with Crippen molar-refractivity contribution in [3.05, 3.63) is 54.6 Å². The van der Waals surface area contributed by atoms with Crippen LogP contribution >= 0.6 is 0 Å². The number of sulfone groups is 1. The van der Waals surface area contributed by atoms with E-state index >= 15 is 0 Å². The first-order valence-corrected chi connectivity index (χ1v) is 9.36. The molecule has 0 radical (unpaired) electrons. The first kappa shape index (κ1) is 19.0. The molecule has 2 N–H and O–H groups in total. The van der Waals surface area contributed by atoms with Crippen LogP contribution in [0.1, 0.15) is 20.3 Å². The Balaban J connectivity index is 2.10. The summed E-state index contributed by atoms with van der Waals surface area (Å²) >= 11 is 0. The van der Waals surface area contributed by atoms with Crippen molar-refractivity contribution in [2.24, 2.45) is 5.41 Å². The van der Waals surface area contributed by atoms with Gasteiger partial charge in [-0.25, -0.2) is 13.9 Å². The van der Waals surface area contributed by atoms with Crippen LogP contribution < -0.4 is 10.2 Å². The van der Waals surface area contributed by atoms with Crippen LogP contribution in [0.5, 0.6) is 11.5 Å². The van der Waals surface area contributed by atoms with Gasteiger partial charge in [-0.1, -0.05) is 32.0 Å². The second kappa shape index (κ2) is 7.67. The van der Waals surface area contributed by atoms with Gasteiger partial charge in [0.05, 0.1) is 10.6 Å². The average molecular weight is 363 g/mol. The minimum absolute atomic E-state index is 0.0993. The Bertz CT molecular complexity index is 814. The number of carbonyl (C=O) groups excluding carboxylic acids is 1. The Kier molecular flexibility index (Phi) is 5.81.